The Labute approximate surface area is 207 Å². The fourth-order valence-corrected chi connectivity index (χ4v) is 6.06. The lowest BCUT2D eigenvalue weighted by molar-refractivity contribution is -0.130. The molecular formula is C25H28N6OS2. The van der Waals surface area contributed by atoms with Gasteiger partial charge < -0.3 is 4.90 Å². The van der Waals surface area contributed by atoms with Crippen molar-refractivity contribution >= 4 is 39.2 Å². The summed E-state index contributed by atoms with van der Waals surface area (Å²) >= 11 is 3.20. The second kappa shape index (κ2) is 9.85. The summed E-state index contributed by atoms with van der Waals surface area (Å²) < 4.78 is 3.17. The molecule has 4 aromatic rings. The van der Waals surface area contributed by atoms with Crippen molar-refractivity contribution in [2.24, 2.45) is 0 Å². The normalized spacial score (nSPS) is 15.7. The number of thiazole rings is 1. The molecule has 2 aromatic carbocycles. The molecule has 0 radical (unpaired) electrons. The van der Waals surface area contributed by atoms with Crippen LogP contribution < -0.4 is 0 Å². The molecule has 0 spiro atoms. The van der Waals surface area contributed by atoms with Crippen LogP contribution in [0.4, 0.5) is 0 Å². The first kappa shape index (κ1) is 23.0. The van der Waals surface area contributed by atoms with E-state index in [0.717, 1.165) is 47.5 Å². The van der Waals surface area contributed by atoms with Crippen LogP contribution in [0, 0.1) is 13.8 Å². The van der Waals surface area contributed by atoms with Gasteiger partial charge in [-0.1, -0.05) is 30.0 Å². The third-order valence-electron chi connectivity index (χ3n) is 6.49. The summed E-state index contributed by atoms with van der Waals surface area (Å²) in [4.78, 5) is 22.1. The average molecular weight is 493 g/mol. The van der Waals surface area contributed by atoms with E-state index in [4.69, 9.17) is 4.98 Å². The van der Waals surface area contributed by atoms with E-state index in [2.05, 4.69) is 72.3 Å². The van der Waals surface area contributed by atoms with Gasteiger partial charge in [0.05, 0.1) is 22.0 Å². The number of carbonyl (C=O) groups excluding carboxylic acids is 1. The summed E-state index contributed by atoms with van der Waals surface area (Å²) in [6.07, 6.45) is 1.71. The van der Waals surface area contributed by atoms with Crippen LogP contribution in [-0.4, -0.2) is 67.4 Å². The fraction of sp³-hybridized carbons (Fsp3) is 0.360. The lowest BCUT2D eigenvalue weighted by Crippen LogP contribution is -2.49. The summed E-state index contributed by atoms with van der Waals surface area (Å²) in [5.74, 6) is 0.503. The Bertz CT molecular complexity index is 1270. The van der Waals surface area contributed by atoms with Gasteiger partial charge in [-0.3, -0.25) is 14.3 Å². The monoisotopic (exact) mass is 492 g/mol. The molecule has 7 nitrogen and oxygen atoms in total. The molecule has 5 rings (SSSR count). The molecule has 176 valence electrons. The average Bonchev–Trinajstić information content (AvgIpc) is 3.51. The van der Waals surface area contributed by atoms with Crippen LogP contribution in [0.25, 0.3) is 15.9 Å². The predicted molar refractivity (Wildman–Crippen MR) is 138 cm³/mol. The van der Waals surface area contributed by atoms with Crippen molar-refractivity contribution < 1.29 is 4.79 Å². The Kier molecular flexibility index (Phi) is 6.67. The van der Waals surface area contributed by atoms with E-state index in [1.165, 1.54) is 27.6 Å². The minimum absolute atomic E-state index is 0.145. The van der Waals surface area contributed by atoms with E-state index in [1.807, 2.05) is 15.5 Å². The number of amides is 1. The zero-order chi connectivity index (χ0) is 23.7. The number of aryl methyl sites for hydroxylation is 2. The zero-order valence-electron chi connectivity index (χ0n) is 19.6. The Morgan fingerprint density at radius 3 is 2.65 bits per heavy atom. The van der Waals surface area contributed by atoms with Gasteiger partial charge >= 0.3 is 0 Å². The quantitative estimate of drug-likeness (QED) is 0.370. The number of piperazine rings is 1. The number of rotatable bonds is 6. The van der Waals surface area contributed by atoms with Crippen molar-refractivity contribution in [2.75, 3.05) is 31.9 Å². The molecule has 2 aromatic heterocycles. The molecule has 0 saturated carbocycles. The van der Waals surface area contributed by atoms with Gasteiger partial charge in [-0.15, -0.1) is 21.5 Å². The number of hydrogen-bond donors (Lipinski definition) is 0. The minimum atomic E-state index is 0.145. The number of aromatic nitrogens is 4. The van der Waals surface area contributed by atoms with Crippen molar-refractivity contribution in [2.45, 2.75) is 32.0 Å². The van der Waals surface area contributed by atoms with E-state index in [-0.39, 0.29) is 11.9 Å². The topological polar surface area (TPSA) is 67.2 Å². The van der Waals surface area contributed by atoms with Crippen molar-refractivity contribution in [1.29, 1.82) is 0 Å². The first-order valence-corrected chi connectivity index (χ1v) is 13.3. The third-order valence-corrected chi connectivity index (χ3v) is 8.63. The Morgan fingerprint density at radius 2 is 1.88 bits per heavy atom. The number of hydrogen-bond acceptors (Lipinski definition) is 7. The maximum Gasteiger partial charge on any atom is 0.233 e. The standard InChI is InChI=1S/C25H28N6OS2/c1-17-8-9-20(14-18(17)2)31-16-26-28-25(31)33-15-23(32)30-12-10-29(11-13-30)19(3)24-27-21-6-4-5-7-22(21)34-24/h4-9,14,16,19H,10-13,15H2,1-3H3. The molecule has 3 heterocycles. The summed E-state index contributed by atoms with van der Waals surface area (Å²) in [5.41, 5.74) is 4.54. The van der Waals surface area contributed by atoms with Crippen molar-refractivity contribution in [3.8, 4) is 5.69 Å². The number of thioether (sulfide) groups is 1. The van der Waals surface area contributed by atoms with Crippen LogP contribution in [0.5, 0.6) is 0 Å². The van der Waals surface area contributed by atoms with Gasteiger partial charge in [0.25, 0.3) is 0 Å². The molecule has 1 atom stereocenters. The molecule has 1 amide bonds. The summed E-state index contributed by atoms with van der Waals surface area (Å²) in [6, 6.07) is 14.8. The predicted octanol–water partition coefficient (Wildman–Crippen LogP) is 4.49. The highest BCUT2D eigenvalue weighted by Gasteiger charge is 2.26. The molecule has 0 bridgehead atoms. The van der Waals surface area contributed by atoms with Gasteiger partial charge in [-0.25, -0.2) is 4.98 Å². The SMILES string of the molecule is Cc1ccc(-n2cnnc2SCC(=O)N2CCN(C(C)c3nc4ccccc4s3)CC2)cc1C. The maximum absolute atomic E-state index is 12.9. The maximum atomic E-state index is 12.9. The van der Waals surface area contributed by atoms with E-state index in [0.29, 0.717) is 5.75 Å². The molecule has 1 saturated heterocycles. The van der Waals surface area contributed by atoms with Crippen LogP contribution in [0.2, 0.25) is 0 Å². The van der Waals surface area contributed by atoms with E-state index in [1.54, 1.807) is 17.7 Å². The molecule has 9 heteroatoms. The van der Waals surface area contributed by atoms with Gasteiger partial charge in [0.1, 0.15) is 11.3 Å². The second-order valence-corrected chi connectivity index (χ2v) is 10.7. The number of benzene rings is 2. The number of nitrogens with zero attached hydrogens (tertiary/aromatic N) is 6. The molecule has 1 unspecified atom stereocenters. The molecular weight excluding hydrogens is 464 g/mol. The van der Waals surface area contributed by atoms with Crippen molar-refractivity contribution in [3.63, 3.8) is 0 Å². The molecule has 34 heavy (non-hydrogen) atoms. The van der Waals surface area contributed by atoms with Gasteiger partial charge in [0.2, 0.25) is 5.91 Å². The second-order valence-electron chi connectivity index (χ2n) is 8.65. The Morgan fingerprint density at radius 1 is 1.09 bits per heavy atom. The highest BCUT2D eigenvalue weighted by molar-refractivity contribution is 7.99. The molecule has 0 N–H and O–H groups in total. The van der Waals surface area contributed by atoms with E-state index in [9.17, 15) is 4.79 Å². The van der Waals surface area contributed by atoms with Crippen LogP contribution in [0.1, 0.15) is 29.1 Å². The largest absolute Gasteiger partial charge is 0.339 e. The number of para-hydroxylation sites is 1. The highest BCUT2D eigenvalue weighted by Crippen LogP contribution is 2.30. The Hall–Kier alpha value is -2.75. The summed E-state index contributed by atoms with van der Waals surface area (Å²) in [5, 5.41) is 10.2. The van der Waals surface area contributed by atoms with Crippen LogP contribution in [0.3, 0.4) is 0 Å². The molecule has 1 aliphatic rings. The molecule has 1 fully saturated rings. The van der Waals surface area contributed by atoms with Gasteiger partial charge in [0, 0.05) is 31.9 Å². The van der Waals surface area contributed by atoms with Crippen molar-refractivity contribution in [3.05, 3.63) is 64.9 Å². The molecule has 0 aliphatic carbocycles. The first-order chi connectivity index (χ1) is 16.5. The highest BCUT2D eigenvalue weighted by atomic mass is 32.2. The minimum Gasteiger partial charge on any atom is -0.339 e. The van der Waals surface area contributed by atoms with Gasteiger partial charge in [-0.2, -0.15) is 0 Å². The van der Waals surface area contributed by atoms with Crippen LogP contribution in [-0.2, 0) is 4.79 Å². The first-order valence-electron chi connectivity index (χ1n) is 11.5. The number of carbonyl (C=O) groups is 1. The zero-order valence-corrected chi connectivity index (χ0v) is 21.3. The molecule has 1 aliphatic heterocycles. The summed E-state index contributed by atoms with van der Waals surface area (Å²) in [7, 11) is 0. The lowest BCUT2D eigenvalue weighted by atomic mass is 10.1. The van der Waals surface area contributed by atoms with E-state index >= 15 is 0 Å². The van der Waals surface area contributed by atoms with E-state index < -0.39 is 0 Å². The fourth-order valence-electron chi connectivity index (χ4n) is 4.18. The smallest absolute Gasteiger partial charge is 0.233 e. The number of fused-ring (bicyclic) bond motifs is 1. The van der Waals surface area contributed by atoms with Gasteiger partial charge in [-0.05, 0) is 56.2 Å². The third kappa shape index (κ3) is 4.73. The van der Waals surface area contributed by atoms with Gasteiger partial charge in [0.15, 0.2) is 5.16 Å². The van der Waals surface area contributed by atoms with Crippen molar-refractivity contribution in [1.82, 2.24) is 29.5 Å². The summed E-state index contributed by atoms with van der Waals surface area (Å²) in [6.45, 7) is 9.58. The van der Waals surface area contributed by atoms with Crippen LogP contribution in [0.15, 0.2) is 53.9 Å². The lowest BCUT2D eigenvalue weighted by Gasteiger charge is -2.37. The Balaban J connectivity index is 1.16. The van der Waals surface area contributed by atoms with Crippen LogP contribution >= 0.6 is 23.1 Å².